The van der Waals surface area contributed by atoms with E-state index in [9.17, 15) is 4.79 Å². The van der Waals surface area contributed by atoms with Gasteiger partial charge in [0.15, 0.2) is 0 Å². The van der Waals surface area contributed by atoms with E-state index in [2.05, 4.69) is 5.32 Å². The Morgan fingerprint density at radius 2 is 1.85 bits per heavy atom. The summed E-state index contributed by atoms with van der Waals surface area (Å²) < 4.78 is 0. The number of thiocarbonyl (C=S) groups is 1. The van der Waals surface area contributed by atoms with Gasteiger partial charge in [0, 0.05) is 17.7 Å². The third-order valence-corrected chi connectivity index (χ3v) is 3.21. The molecule has 0 aromatic heterocycles. The van der Waals surface area contributed by atoms with Gasteiger partial charge < -0.3 is 11.1 Å². The van der Waals surface area contributed by atoms with E-state index < -0.39 is 0 Å². The summed E-state index contributed by atoms with van der Waals surface area (Å²) in [6, 6.07) is 15.0. The lowest BCUT2D eigenvalue weighted by molar-refractivity contribution is 0.0951. The normalized spacial score (nSPS) is 10.1. The van der Waals surface area contributed by atoms with Crippen LogP contribution in [0.4, 0.5) is 0 Å². The number of hydrogen-bond acceptors (Lipinski definition) is 2. The molecule has 0 aliphatic rings. The molecule has 0 unspecified atom stereocenters. The van der Waals surface area contributed by atoms with E-state index in [1.807, 2.05) is 49.4 Å². The Morgan fingerprint density at radius 3 is 2.45 bits per heavy atom. The van der Waals surface area contributed by atoms with Crippen LogP contribution in [-0.4, -0.2) is 10.9 Å². The van der Waals surface area contributed by atoms with Crippen molar-refractivity contribution in [3.05, 3.63) is 70.8 Å². The molecule has 0 bridgehead atoms. The third-order valence-electron chi connectivity index (χ3n) is 2.97. The van der Waals surface area contributed by atoms with Gasteiger partial charge in [0.25, 0.3) is 5.91 Å². The highest BCUT2D eigenvalue weighted by atomic mass is 32.1. The molecule has 4 heteroatoms. The van der Waals surface area contributed by atoms with E-state index in [0.717, 1.165) is 16.7 Å². The predicted octanol–water partition coefficient (Wildman–Crippen LogP) is 2.56. The summed E-state index contributed by atoms with van der Waals surface area (Å²) >= 11 is 4.90. The van der Waals surface area contributed by atoms with Crippen LogP contribution in [0.5, 0.6) is 0 Å². The average Bonchev–Trinajstić information content (AvgIpc) is 2.45. The first-order chi connectivity index (χ1) is 9.56. The van der Waals surface area contributed by atoms with Crippen molar-refractivity contribution >= 4 is 23.1 Å². The summed E-state index contributed by atoms with van der Waals surface area (Å²) in [6.45, 7) is 2.44. The average molecular weight is 284 g/mol. The van der Waals surface area contributed by atoms with Crippen molar-refractivity contribution in [2.75, 3.05) is 0 Å². The molecule has 2 aromatic rings. The first-order valence-corrected chi connectivity index (χ1v) is 6.71. The van der Waals surface area contributed by atoms with Gasteiger partial charge in [0.2, 0.25) is 0 Å². The van der Waals surface area contributed by atoms with Crippen LogP contribution in [0.3, 0.4) is 0 Å². The van der Waals surface area contributed by atoms with Crippen LogP contribution in [0.25, 0.3) is 0 Å². The summed E-state index contributed by atoms with van der Waals surface area (Å²) in [5.41, 5.74) is 9.11. The molecule has 3 N–H and O–H groups in total. The maximum Gasteiger partial charge on any atom is 0.251 e. The van der Waals surface area contributed by atoms with Gasteiger partial charge in [0.1, 0.15) is 4.99 Å². The summed E-state index contributed by atoms with van der Waals surface area (Å²) in [5, 5.41) is 2.89. The predicted molar refractivity (Wildman–Crippen MR) is 84.7 cm³/mol. The highest BCUT2D eigenvalue weighted by molar-refractivity contribution is 7.80. The number of hydrogen-bond donors (Lipinski definition) is 2. The standard InChI is InChI=1S/C16H16N2OS/c1-11-3-2-4-14(9-11)16(19)18-10-12-5-7-13(8-6-12)15(17)20/h2-9H,10H2,1H3,(H2,17,20)(H,18,19). The maximum atomic E-state index is 12.0. The minimum absolute atomic E-state index is 0.0767. The van der Waals surface area contributed by atoms with Crippen molar-refractivity contribution in [3.8, 4) is 0 Å². The highest BCUT2D eigenvalue weighted by Crippen LogP contribution is 2.06. The topological polar surface area (TPSA) is 55.1 Å². The number of carbonyl (C=O) groups is 1. The summed E-state index contributed by atoms with van der Waals surface area (Å²) in [6.07, 6.45) is 0. The van der Waals surface area contributed by atoms with Gasteiger partial charge in [-0.2, -0.15) is 0 Å². The Bertz CT molecular complexity index is 635. The van der Waals surface area contributed by atoms with Crippen LogP contribution >= 0.6 is 12.2 Å². The van der Waals surface area contributed by atoms with Gasteiger partial charge in [-0.05, 0) is 24.6 Å². The summed E-state index contributed by atoms with van der Waals surface area (Å²) in [7, 11) is 0. The molecule has 0 radical (unpaired) electrons. The Morgan fingerprint density at radius 1 is 1.15 bits per heavy atom. The molecule has 20 heavy (non-hydrogen) atoms. The minimum Gasteiger partial charge on any atom is -0.389 e. The van der Waals surface area contributed by atoms with Crippen molar-refractivity contribution in [2.45, 2.75) is 13.5 Å². The Balaban J connectivity index is 1.98. The molecule has 102 valence electrons. The number of amides is 1. The number of carbonyl (C=O) groups excluding carboxylic acids is 1. The van der Waals surface area contributed by atoms with Gasteiger partial charge in [-0.15, -0.1) is 0 Å². The second-order valence-corrected chi connectivity index (χ2v) is 5.05. The fraction of sp³-hybridized carbons (Fsp3) is 0.125. The van der Waals surface area contributed by atoms with Gasteiger partial charge >= 0.3 is 0 Å². The monoisotopic (exact) mass is 284 g/mol. The zero-order valence-corrected chi connectivity index (χ0v) is 12.0. The summed E-state index contributed by atoms with van der Waals surface area (Å²) in [4.78, 5) is 12.4. The molecule has 0 saturated carbocycles. The summed E-state index contributed by atoms with van der Waals surface area (Å²) in [5.74, 6) is -0.0767. The second-order valence-electron chi connectivity index (χ2n) is 4.61. The van der Waals surface area contributed by atoms with Crippen LogP contribution in [0, 0.1) is 6.92 Å². The van der Waals surface area contributed by atoms with E-state index in [1.54, 1.807) is 6.07 Å². The zero-order valence-electron chi connectivity index (χ0n) is 11.2. The molecule has 0 atom stereocenters. The maximum absolute atomic E-state index is 12.0. The number of nitrogens with two attached hydrogens (primary N) is 1. The zero-order chi connectivity index (χ0) is 14.5. The molecular formula is C16H16N2OS. The fourth-order valence-corrected chi connectivity index (χ4v) is 1.99. The third kappa shape index (κ3) is 3.65. The molecule has 0 aliphatic carbocycles. The van der Waals surface area contributed by atoms with E-state index >= 15 is 0 Å². The Kier molecular flexibility index (Phi) is 4.48. The van der Waals surface area contributed by atoms with Crippen LogP contribution in [0.15, 0.2) is 48.5 Å². The molecule has 0 aliphatic heterocycles. The van der Waals surface area contributed by atoms with E-state index in [4.69, 9.17) is 18.0 Å². The molecule has 2 rings (SSSR count). The molecule has 2 aromatic carbocycles. The van der Waals surface area contributed by atoms with Crippen molar-refractivity contribution in [2.24, 2.45) is 5.73 Å². The minimum atomic E-state index is -0.0767. The van der Waals surface area contributed by atoms with Crippen molar-refractivity contribution in [3.63, 3.8) is 0 Å². The molecular weight excluding hydrogens is 268 g/mol. The smallest absolute Gasteiger partial charge is 0.251 e. The number of aryl methyl sites for hydroxylation is 1. The van der Waals surface area contributed by atoms with Crippen molar-refractivity contribution in [1.29, 1.82) is 0 Å². The fourth-order valence-electron chi connectivity index (χ4n) is 1.86. The quantitative estimate of drug-likeness (QED) is 0.848. The van der Waals surface area contributed by atoms with E-state index in [1.165, 1.54) is 0 Å². The van der Waals surface area contributed by atoms with Crippen LogP contribution in [-0.2, 0) is 6.54 Å². The van der Waals surface area contributed by atoms with Crippen molar-refractivity contribution in [1.82, 2.24) is 5.32 Å². The van der Waals surface area contributed by atoms with Crippen LogP contribution < -0.4 is 11.1 Å². The lowest BCUT2D eigenvalue weighted by Crippen LogP contribution is -2.22. The molecule has 1 amide bonds. The second kappa shape index (κ2) is 6.30. The Hall–Kier alpha value is -2.20. The number of benzene rings is 2. The lowest BCUT2D eigenvalue weighted by Gasteiger charge is -2.07. The SMILES string of the molecule is Cc1cccc(C(=O)NCc2ccc(C(N)=S)cc2)c1. The lowest BCUT2D eigenvalue weighted by atomic mass is 10.1. The van der Waals surface area contributed by atoms with Gasteiger partial charge in [0.05, 0.1) is 0 Å². The van der Waals surface area contributed by atoms with Crippen LogP contribution in [0.2, 0.25) is 0 Å². The van der Waals surface area contributed by atoms with Crippen LogP contribution in [0.1, 0.15) is 27.0 Å². The first kappa shape index (κ1) is 14.2. The Labute approximate surface area is 123 Å². The largest absolute Gasteiger partial charge is 0.389 e. The first-order valence-electron chi connectivity index (χ1n) is 6.30. The van der Waals surface area contributed by atoms with Crippen molar-refractivity contribution < 1.29 is 4.79 Å². The van der Waals surface area contributed by atoms with Gasteiger partial charge in [-0.1, -0.05) is 54.2 Å². The van der Waals surface area contributed by atoms with Gasteiger partial charge in [-0.25, -0.2) is 0 Å². The molecule has 0 heterocycles. The molecule has 3 nitrogen and oxygen atoms in total. The molecule has 0 fully saturated rings. The van der Waals surface area contributed by atoms with E-state index in [0.29, 0.717) is 17.1 Å². The highest BCUT2D eigenvalue weighted by Gasteiger charge is 2.05. The molecule has 0 spiro atoms. The molecule has 0 saturated heterocycles. The number of rotatable bonds is 4. The van der Waals surface area contributed by atoms with Gasteiger partial charge in [-0.3, -0.25) is 4.79 Å². The number of nitrogens with one attached hydrogen (secondary N) is 1. The van der Waals surface area contributed by atoms with E-state index in [-0.39, 0.29) is 5.91 Å².